The van der Waals surface area contributed by atoms with Crippen LogP contribution in [0, 0.1) is 0 Å². The van der Waals surface area contributed by atoms with Gasteiger partial charge in [-0.3, -0.25) is 9.59 Å². The standard InChI is InChI=1S/C14H10F6N2.C14H13N3O2/c15-13(16,17)11-5-7(21)1-3-9(11)10-4-2-8(22)6-12(10)14(18,19)20;15-11-5-7-12(8-6-11)17-14(19)10-3-1-9(2-4-10)13(16)18/h1-6H,21-22H2;1-8H,15H2,(H2,16,18)(H,17,19). The van der Waals surface area contributed by atoms with Crippen LogP contribution in [-0.2, 0) is 12.4 Å². The predicted molar refractivity (Wildman–Crippen MR) is 144 cm³/mol. The summed E-state index contributed by atoms with van der Waals surface area (Å²) in [5.41, 5.74) is 19.3. The van der Waals surface area contributed by atoms with Crippen LogP contribution in [0.25, 0.3) is 11.1 Å². The molecule has 4 aromatic carbocycles. The second-order valence-electron chi connectivity index (χ2n) is 8.62. The van der Waals surface area contributed by atoms with E-state index < -0.39 is 40.5 Å². The van der Waals surface area contributed by atoms with Gasteiger partial charge in [0.2, 0.25) is 5.91 Å². The van der Waals surface area contributed by atoms with Gasteiger partial charge in [0.25, 0.3) is 5.91 Å². The fourth-order valence-corrected chi connectivity index (χ4v) is 3.62. The molecule has 13 heteroatoms. The van der Waals surface area contributed by atoms with Crippen LogP contribution in [0.15, 0.2) is 84.9 Å². The third-order valence-corrected chi connectivity index (χ3v) is 5.59. The minimum absolute atomic E-state index is 0.194. The van der Waals surface area contributed by atoms with E-state index in [0.29, 0.717) is 34.6 Å². The number of nitrogens with one attached hydrogen (secondary N) is 1. The molecule has 0 aliphatic heterocycles. The van der Waals surface area contributed by atoms with Gasteiger partial charge in [-0.2, -0.15) is 26.3 Å². The summed E-state index contributed by atoms with van der Waals surface area (Å²) in [7, 11) is 0. The van der Waals surface area contributed by atoms with E-state index in [-0.39, 0.29) is 17.3 Å². The zero-order valence-electron chi connectivity index (χ0n) is 21.0. The van der Waals surface area contributed by atoms with E-state index in [1.807, 2.05) is 0 Å². The molecule has 0 spiro atoms. The molecule has 0 atom stereocenters. The summed E-state index contributed by atoms with van der Waals surface area (Å²) in [6.07, 6.45) is -9.68. The number of nitrogen functional groups attached to an aromatic ring is 3. The van der Waals surface area contributed by atoms with Crippen LogP contribution in [0.4, 0.5) is 49.1 Å². The molecule has 4 rings (SSSR count). The van der Waals surface area contributed by atoms with Crippen LogP contribution >= 0.6 is 0 Å². The van der Waals surface area contributed by atoms with Crippen molar-refractivity contribution in [2.75, 3.05) is 22.5 Å². The van der Waals surface area contributed by atoms with Gasteiger partial charge >= 0.3 is 12.4 Å². The SMILES string of the molecule is NC(=O)c1ccc(C(=O)Nc2ccc(N)cc2)cc1.Nc1ccc(-c2ccc(N)cc2C(F)(F)F)c(C(F)(F)F)c1. The number of anilines is 4. The molecule has 0 aliphatic rings. The van der Waals surface area contributed by atoms with E-state index in [0.717, 1.165) is 24.3 Å². The number of alkyl halides is 6. The first kappa shape index (κ1) is 30.3. The van der Waals surface area contributed by atoms with Crippen molar-refractivity contribution in [3.8, 4) is 11.1 Å². The summed E-state index contributed by atoms with van der Waals surface area (Å²) in [4.78, 5) is 22.8. The van der Waals surface area contributed by atoms with Crippen LogP contribution in [0.2, 0.25) is 0 Å². The first-order valence-corrected chi connectivity index (χ1v) is 11.6. The highest BCUT2D eigenvalue weighted by atomic mass is 19.4. The summed E-state index contributed by atoms with van der Waals surface area (Å²) >= 11 is 0. The van der Waals surface area contributed by atoms with Crippen molar-refractivity contribution in [1.29, 1.82) is 0 Å². The molecule has 2 amide bonds. The molecule has 7 nitrogen and oxygen atoms in total. The number of hydrogen-bond acceptors (Lipinski definition) is 5. The average Bonchev–Trinajstić information content (AvgIpc) is 2.89. The van der Waals surface area contributed by atoms with E-state index in [4.69, 9.17) is 22.9 Å². The summed E-state index contributed by atoms with van der Waals surface area (Å²) in [6.45, 7) is 0. The van der Waals surface area contributed by atoms with Gasteiger partial charge in [0.15, 0.2) is 0 Å². The van der Waals surface area contributed by atoms with Gasteiger partial charge in [-0.1, -0.05) is 12.1 Å². The maximum Gasteiger partial charge on any atom is 0.417 e. The first-order valence-electron chi connectivity index (χ1n) is 11.6. The van der Waals surface area contributed by atoms with E-state index in [9.17, 15) is 35.9 Å². The topological polar surface area (TPSA) is 150 Å². The maximum absolute atomic E-state index is 13.1. The Bertz CT molecular complexity index is 1490. The third-order valence-electron chi connectivity index (χ3n) is 5.59. The van der Waals surface area contributed by atoms with Crippen molar-refractivity contribution in [2.45, 2.75) is 12.4 Å². The van der Waals surface area contributed by atoms with Gasteiger partial charge in [-0.05, 0) is 83.9 Å². The smallest absolute Gasteiger partial charge is 0.399 e. The fraction of sp³-hybridized carbons (Fsp3) is 0.0714. The summed E-state index contributed by atoms with van der Waals surface area (Å²) in [5.74, 6) is -0.786. The Hall–Kier alpha value is -5.20. The highest BCUT2D eigenvalue weighted by Crippen LogP contribution is 2.43. The highest BCUT2D eigenvalue weighted by Gasteiger charge is 2.38. The molecule has 4 aromatic rings. The Morgan fingerprint density at radius 1 is 0.561 bits per heavy atom. The first-order chi connectivity index (χ1) is 19.1. The largest absolute Gasteiger partial charge is 0.417 e. The van der Waals surface area contributed by atoms with Crippen LogP contribution in [0.5, 0.6) is 0 Å². The van der Waals surface area contributed by atoms with E-state index >= 15 is 0 Å². The van der Waals surface area contributed by atoms with E-state index in [1.54, 1.807) is 36.4 Å². The number of hydrogen-bond donors (Lipinski definition) is 5. The molecule has 41 heavy (non-hydrogen) atoms. The molecule has 0 bridgehead atoms. The van der Waals surface area contributed by atoms with Crippen molar-refractivity contribution >= 4 is 34.6 Å². The maximum atomic E-state index is 13.1. The van der Waals surface area contributed by atoms with Gasteiger partial charge in [0.1, 0.15) is 0 Å². The van der Waals surface area contributed by atoms with Gasteiger partial charge in [0, 0.05) is 33.9 Å². The molecular formula is C28H23F6N5O2. The number of halogens is 6. The molecule has 0 heterocycles. The third kappa shape index (κ3) is 7.91. The zero-order chi connectivity index (χ0) is 30.5. The number of carbonyl (C=O) groups excluding carboxylic acids is 2. The van der Waals surface area contributed by atoms with E-state index in [1.165, 1.54) is 12.1 Å². The summed E-state index contributed by atoms with van der Waals surface area (Å²) < 4.78 is 78.4. The van der Waals surface area contributed by atoms with Crippen LogP contribution < -0.4 is 28.3 Å². The molecule has 0 unspecified atom stereocenters. The molecule has 0 fully saturated rings. The van der Waals surface area contributed by atoms with Crippen molar-refractivity contribution in [2.24, 2.45) is 5.73 Å². The molecule has 0 aromatic heterocycles. The minimum Gasteiger partial charge on any atom is -0.399 e. The molecule has 9 N–H and O–H groups in total. The Morgan fingerprint density at radius 3 is 1.34 bits per heavy atom. The lowest BCUT2D eigenvalue weighted by molar-refractivity contribution is -0.139. The van der Waals surface area contributed by atoms with Gasteiger partial charge in [-0.25, -0.2) is 0 Å². The highest BCUT2D eigenvalue weighted by molar-refractivity contribution is 6.05. The Morgan fingerprint density at radius 2 is 0.951 bits per heavy atom. The number of rotatable bonds is 4. The van der Waals surface area contributed by atoms with Gasteiger partial charge < -0.3 is 28.3 Å². The summed E-state index contributed by atoms with van der Waals surface area (Å²) in [5, 5.41) is 2.72. The molecule has 0 saturated heterocycles. The molecule has 0 saturated carbocycles. The van der Waals surface area contributed by atoms with Crippen molar-refractivity contribution in [1.82, 2.24) is 0 Å². The van der Waals surface area contributed by atoms with Crippen molar-refractivity contribution < 1.29 is 35.9 Å². The number of primary amides is 1. The Balaban J connectivity index is 0.000000228. The van der Waals surface area contributed by atoms with Crippen molar-refractivity contribution in [3.63, 3.8) is 0 Å². The Labute approximate surface area is 229 Å². The van der Waals surface area contributed by atoms with Gasteiger partial charge in [-0.15, -0.1) is 0 Å². The van der Waals surface area contributed by atoms with E-state index in [2.05, 4.69) is 5.32 Å². The van der Waals surface area contributed by atoms with Crippen molar-refractivity contribution in [3.05, 3.63) is 107 Å². The molecular weight excluding hydrogens is 552 g/mol. The lowest BCUT2D eigenvalue weighted by Crippen LogP contribution is -2.14. The number of nitrogens with two attached hydrogens (primary N) is 4. The molecule has 0 aliphatic carbocycles. The summed E-state index contributed by atoms with van der Waals surface area (Å²) in [6, 6.07) is 18.2. The van der Waals surface area contributed by atoms with Crippen LogP contribution in [0.3, 0.4) is 0 Å². The number of amides is 2. The monoisotopic (exact) mass is 575 g/mol. The minimum atomic E-state index is -4.84. The lowest BCUT2D eigenvalue weighted by Gasteiger charge is -2.18. The lowest BCUT2D eigenvalue weighted by atomic mass is 9.94. The molecule has 0 radical (unpaired) electrons. The second kappa shape index (κ2) is 11.9. The molecule has 214 valence electrons. The normalized spacial score (nSPS) is 11.3. The van der Waals surface area contributed by atoms with Gasteiger partial charge in [0.05, 0.1) is 11.1 Å². The van der Waals surface area contributed by atoms with Crippen LogP contribution in [0.1, 0.15) is 31.8 Å². The van der Waals surface area contributed by atoms with Crippen LogP contribution in [-0.4, -0.2) is 11.8 Å². The zero-order valence-corrected chi connectivity index (χ0v) is 21.0. The quantitative estimate of drug-likeness (QED) is 0.146. The fourth-order valence-electron chi connectivity index (χ4n) is 3.62. The number of carbonyl (C=O) groups is 2. The average molecular weight is 576 g/mol. The predicted octanol–water partition coefficient (Wildman–Crippen LogP) is 6.18. The second-order valence-corrected chi connectivity index (χ2v) is 8.62. The Kier molecular flexibility index (Phi) is 8.81. The number of benzene rings is 4.